The first-order chi connectivity index (χ1) is 6.66. The molecule has 0 bridgehead atoms. The van der Waals surface area contributed by atoms with Crippen LogP contribution in [0.3, 0.4) is 0 Å². The molecule has 14 heavy (non-hydrogen) atoms. The molecule has 0 fully saturated rings. The number of allylic oxidation sites excluding steroid dienone is 1. The third kappa shape index (κ3) is 1.46. The molecule has 1 aromatic rings. The highest BCUT2D eigenvalue weighted by molar-refractivity contribution is 5.90. The number of aromatic amines is 1. The van der Waals surface area contributed by atoms with Crippen LogP contribution in [0.4, 0.5) is 5.69 Å². The van der Waals surface area contributed by atoms with E-state index in [0.29, 0.717) is 5.69 Å². The van der Waals surface area contributed by atoms with Crippen molar-refractivity contribution in [2.45, 2.75) is 13.3 Å². The van der Waals surface area contributed by atoms with Crippen LogP contribution in [-0.2, 0) is 11.2 Å². The zero-order valence-electron chi connectivity index (χ0n) is 7.76. The molecule has 1 aliphatic rings. The van der Waals surface area contributed by atoms with Gasteiger partial charge in [-0.3, -0.25) is 9.59 Å². The number of rotatable bonds is 1. The van der Waals surface area contributed by atoms with Crippen molar-refractivity contribution < 1.29 is 4.79 Å². The van der Waals surface area contributed by atoms with Crippen molar-refractivity contribution in [2.75, 3.05) is 5.32 Å². The number of aromatic nitrogens is 1. The molecular weight excluding hydrogens is 180 g/mol. The lowest BCUT2D eigenvalue weighted by Gasteiger charge is -2.07. The Kier molecular flexibility index (Phi) is 1.96. The molecule has 4 nitrogen and oxygen atoms in total. The fourth-order valence-electron chi connectivity index (χ4n) is 1.57. The predicted octanol–water partition coefficient (Wildman–Crippen LogP) is 0.903. The van der Waals surface area contributed by atoms with Crippen LogP contribution in [0.25, 0.3) is 6.08 Å². The van der Waals surface area contributed by atoms with Crippen molar-refractivity contribution in [1.29, 1.82) is 0 Å². The summed E-state index contributed by atoms with van der Waals surface area (Å²) in [5.74, 6) is -0.162. The van der Waals surface area contributed by atoms with Gasteiger partial charge in [0, 0.05) is 24.2 Å². The second kappa shape index (κ2) is 3.14. The van der Waals surface area contributed by atoms with Crippen LogP contribution in [0.15, 0.2) is 16.9 Å². The number of hydrogen-bond donors (Lipinski definition) is 2. The minimum atomic E-state index is -0.195. The van der Waals surface area contributed by atoms with Crippen LogP contribution in [0.5, 0.6) is 0 Å². The molecule has 1 aliphatic carbocycles. The van der Waals surface area contributed by atoms with Crippen molar-refractivity contribution >= 4 is 17.7 Å². The Hall–Kier alpha value is -1.84. The van der Waals surface area contributed by atoms with Gasteiger partial charge in [0.05, 0.1) is 5.69 Å². The highest BCUT2D eigenvalue weighted by Crippen LogP contribution is 2.23. The maximum Gasteiger partial charge on any atom is 0.250 e. The molecule has 1 aromatic heterocycles. The average Bonchev–Trinajstić information content (AvgIpc) is 2.50. The summed E-state index contributed by atoms with van der Waals surface area (Å²) >= 11 is 0. The largest absolute Gasteiger partial charge is 0.326 e. The molecule has 0 radical (unpaired) electrons. The van der Waals surface area contributed by atoms with Crippen LogP contribution in [0.2, 0.25) is 0 Å². The van der Waals surface area contributed by atoms with E-state index >= 15 is 0 Å². The number of amides is 1. The Bertz CT molecular complexity index is 472. The third-order valence-corrected chi connectivity index (χ3v) is 2.10. The Balaban J connectivity index is 2.51. The van der Waals surface area contributed by atoms with Gasteiger partial charge >= 0.3 is 0 Å². The van der Waals surface area contributed by atoms with Crippen molar-refractivity contribution in [1.82, 2.24) is 4.98 Å². The lowest BCUT2D eigenvalue weighted by Crippen LogP contribution is -2.14. The summed E-state index contributed by atoms with van der Waals surface area (Å²) in [6, 6.07) is 1.41. The van der Waals surface area contributed by atoms with E-state index in [-0.39, 0.29) is 11.5 Å². The number of carbonyl (C=O) groups excluding carboxylic acids is 1. The van der Waals surface area contributed by atoms with E-state index in [9.17, 15) is 9.59 Å². The van der Waals surface area contributed by atoms with Gasteiger partial charge < -0.3 is 10.3 Å². The Morgan fingerprint density at radius 2 is 2.36 bits per heavy atom. The first-order valence-corrected chi connectivity index (χ1v) is 4.37. The maximum absolute atomic E-state index is 11.2. The van der Waals surface area contributed by atoms with E-state index in [1.807, 2.05) is 12.2 Å². The Morgan fingerprint density at radius 3 is 3.07 bits per heavy atom. The summed E-state index contributed by atoms with van der Waals surface area (Å²) in [4.78, 5) is 24.8. The zero-order chi connectivity index (χ0) is 10.1. The Labute approximate surface area is 80.7 Å². The van der Waals surface area contributed by atoms with Gasteiger partial charge in [-0.15, -0.1) is 0 Å². The number of pyridine rings is 1. The fraction of sp³-hybridized carbons (Fsp3) is 0.200. The van der Waals surface area contributed by atoms with Gasteiger partial charge in [-0.1, -0.05) is 6.08 Å². The maximum atomic E-state index is 11.2. The van der Waals surface area contributed by atoms with E-state index in [2.05, 4.69) is 10.3 Å². The summed E-state index contributed by atoms with van der Waals surface area (Å²) in [7, 11) is 0. The summed E-state index contributed by atoms with van der Waals surface area (Å²) in [6.45, 7) is 1.43. The second-order valence-electron chi connectivity index (χ2n) is 3.23. The van der Waals surface area contributed by atoms with Gasteiger partial charge in [0.1, 0.15) is 0 Å². The molecule has 0 saturated carbocycles. The number of nitrogens with one attached hydrogen (secondary N) is 2. The molecule has 0 unspecified atom stereocenters. The SMILES string of the molecule is CC(=O)Nc1cc(=O)[nH]c2c1CC=C2. The lowest BCUT2D eigenvalue weighted by molar-refractivity contribution is -0.114. The average molecular weight is 190 g/mol. The van der Waals surface area contributed by atoms with Crippen molar-refractivity contribution in [3.8, 4) is 0 Å². The monoisotopic (exact) mass is 190 g/mol. The van der Waals surface area contributed by atoms with Gasteiger partial charge in [0.25, 0.3) is 0 Å². The first kappa shape index (κ1) is 8.74. The topological polar surface area (TPSA) is 62.0 Å². The van der Waals surface area contributed by atoms with E-state index in [1.165, 1.54) is 13.0 Å². The van der Waals surface area contributed by atoms with E-state index in [1.54, 1.807) is 0 Å². The highest BCUT2D eigenvalue weighted by atomic mass is 16.1. The molecule has 1 heterocycles. The number of H-pyrrole nitrogens is 1. The minimum Gasteiger partial charge on any atom is -0.326 e. The Morgan fingerprint density at radius 1 is 1.57 bits per heavy atom. The van der Waals surface area contributed by atoms with E-state index < -0.39 is 0 Å². The molecular formula is C10H10N2O2. The van der Waals surface area contributed by atoms with Crippen LogP contribution >= 0.6 is 0 Å². The zero-order valence-corrected chi connectivity index (χ0v) is 7.76. The lowest BCUT2D eigenvalue weighted by atomic mass is 10.1. The van der Waals surface area contributed by atoms with E-state index in [4.69, 9.17) is 0 Å². The van der Waals surface area contributed by atoms with Crippen molar-refractivity contribution in [3.63, 3.8) is 0 Å². The summed E-state index contributed by atoms with van der Waals surface area (Å²) < 4.78 is 0. The molecule has 0 aromatic carbocycles. The predicted molar refractivity (Wildman–Crippen MR) is 54.1 cm³/mol. The smallest absolute Gasteiger partial charge is 0.250 e. The van der Waals surface area contributed by atoms with Gasteiger partial charge in [-0.25, -0.2) is 0 Å². The molecule has 0 aliphatic heterocycles. The molecule has 0 spiro atoms. The van der Waals surface area contributed by atoms with Gasteiger partial charge in [-0.2, -0.15) is 0 Å². The van der Waals surface area contributed by atoms with Crippen LogP contribution in [-0.4, -0.2) is 10.9 Å². The van der Waals surface area contributed by atoms with Crippen LogP contribution in [0.1, 0.15) is 18.2 Å². The van der Waals surface area contributed by atoms with Crippen molar-refractivity contribution in [3.05, 3.63) is 33.8 Å². The molecule has 4 heteroatoms. The molecule has 0 atom stereocenters. The summed E-state index contributed by atoms with van der Waals surface area (Å²) in [6.07, 6.45) is 4.55. The van der Waals surface area contributed by atoms with Gasteiger partial charge in [-0.05, 0) is 12.5 Å². The second-order valence-corrected chi connectivity index (χ2v) is 3.23. The standard InChI is InChI=1S/C10H10N2O2/c1-6(13)11-9-5-10(14)12-8-4-2-3-7(8)9/h2,4-5H,3H2,1H3,(H2,11,12,13,14). The van der Waals surface area contributed by atoms with Crippen LogP contribution < -0.4 is 10.9 Å². The summed E-state index contributed by atoms with van der Waals surface area (Å²) in [5.41, 5.74) is 2.18. The van der Waals surface area contributed by atoms with Gasteiger partial charge in [0.15, 0.2) is 0 Å². The quantitative estimate of drug-likeness (QED) is 0.691. The fourth-order valence-corrected chi connectivity index (χ4v) is 1.57. The normalized spacial score (nSPS) is 12.6. The van der Waals surface area contributed by atoms with Gasteiger partial charge in [0.2, 0.25) is 11.5 Å². The number of hydrogen-bond acceptors (Lipinski definition) is 2. The molecule has 2 N–H and O–H groups in total. The number of fused-ring (bicyclic) bond motifs is 1. The molecule has 2 rings (SSSR count). The number of carbonyl (C=O) groups is 1. The summed E-state index contributed by atoms with van der Waals surface area (Å²) in [5, 5.41) is 2.65. The van der Waals surface area contributed by atoms with Crippen molar-refractivity contribution in [2.24, 2.45) is 0 Å². The molecule has 72 valence electrons. The minimum absolute atomic E-state index is 0.162. The highest BCUT2D eigenvalue weighted by Gasteiger charge is 2.12. The first-order valence-electron chi connectivity index (χ1n) is 4.37. The van der Waals surface area contributed by atoms with Crippen LogP contribution in [0, 0.1) is 0 Å². The number of anilines is 1. The third-order valence-electron chi connectivity index (χ3n) is 2.10. The molecule has 1 amide bonds. The molecule has 0 saturated heterocycles. The van der Waals surface area contributed by atoms with E-state index in [0.717, 1.165) is 17.7 Å².